The lowest BCUT2D eigenvalue weighted by atomic mass is 9.92. The molecule has 0 aliphatic heterocycles. The summed E-state index contributed by atoms with van der Waals surface area (Å²) in [6.45, 7) is 3.58. The number of nitrogens with one attached hydrogen (secondary N) is 2. The Balaban J connectivity index is 1.66. The molecule has 0 unspecified atom stereocenters. The van der Waals surface area contributed by atoms with Crippen LogP contribution in [0.1, 0.15) is 35.1 Å². The molecule has 1 aliphatic rings. The van der Waals surface area contributed by atoms with Gasteiger partial charge in [0.05, 0.1) is 11.4 Å². The highest BCUT2D eigenvalue weighted by atomic mass is 32.2. The van der Waals surface area contributed by atoms with Gasteiger partial charge in [0.1, 0.15) is 0 Å². The number of rotatable bonds is 5. The first-order valence-electron chi connectivity index (χ1n) is 8.84. The van der Waals surface area contributed by atoms with E-state index in [0.717, 1.165) is 42.4 Å². The van der Waals surface area contributed by atoms with Crippen LogP contribution >= 0.6 is 0 Å². The van der Waals surface area contributed by atoms with E-state index >= 15 is 0 Å². The number of aryl methyl sites for hydroxylation is 3. The summed E-state index contributed by atoms with van der Waals surface area (Å²) in [6, 6.07) is 10.9. The van der Waals surface area contributed by atoms with Gasteiger partial charge in [-0.1, -0.05) is 18.2 Å². The molecule has 2 aromatic carbocycles. The minimum absolute atomic E-state index is 0.220. The summed E-state index contributed by atoms with van der Waals surface area (Å²) in [7, 11) is -3.71. The molecule has 0 spiro atoms. The summed E-state index contributed by atoms with van der Waals surface area (Å²) in [6.07, 6.45) is 4.14. The van der Waals surface area contributed by atoms with E-state index in [1.807, 2.05) is 32.0 Å². The lowest BCUT2D eigenvalue weighted by molar-refractivity contribution is -0.115. The lowest BCUT2D eigenvalue weighted by Gasteiger charge is -2.17. The van der Waals surface area contributed by atoms with Gasteiger partial charge in [-0.15, -0.1) is 0 Å². The zero-order valence-electron chi connectivity index (χ0n) is 15.1. The summed E-state index contributed by atoms with van der Waals surface area (Å²) in [4.78, 5) is 12.4. The Hall–Kier alpha value is -2.18. The molecule has 5 nitrogen and oxygen atoms in total. The molecule has 0 aromatic heterocycles. The molecular formula is C20H24N2O3S. The minimum atomic E-state index is -3.71. The van der Waals surface area contributed by atoms with Crippen LogP contribution < -0.4 is 10.0 Å². The quantitative estimate of drug-likeness (QED) is 0.847. The summed E-state index contributed by atoms with van der Waals surface area (Å²) in [5, 5.41) is 2.76. The summed E-state index contributed by atoms with van der Waals surface area (Å²) >= 11 is 0. The SMILES string of the molecule is Cc1cccc(NC(=O)CNS(=O)(=O)c2ccc3c(c2)CCCC3)c1C. The Morgan fingerprint density at radius 1 is 1.04 bits per heavy atom. The summed E-state index contributed by atoms with van der Waals surface area (Å²) in [5.74, 6) is -0.389. The lowest BCUT2D eigenvalue weighted by Crippen LogP contribution is -2.33. The van der Waals surface area contributed by atoms with Crippen molar-refractivity contribution in [1.29, 1.82) is 0 Å². The highest BCUT2D eigenvalue weighted by Crippen LogP contribution is 2.24. The molecule has 2 aromatic rings. The maximum atomic E-state index is 12.5. The number of carbonyl (C=O) groups excluding carboxylic acids is 1. The van der Waals surface area contributed by atoms with Gasteiger partial charge in [-0.05, 0) is 80.0 Å². The van der Waals surface area contributed by atoms with Gasteiger partial charge in [-0.3, -0.25) is 4.79 Å². The number of sulfonamides is 1. The number of amides is 1. The van der Waals surface area contributed by atoms with Crippen molar-refractivity contribution < 1.29 is 13.2 Å². The van der Waals surface area contributed by atoms with Crippen LogP contribution in [0.15, 0.2) is 41.3 Å². The fraction of sp³-hybridized carbons (Fsp3) is 0.350. The third-order valence-electron chi connectivity index (χ3n) is 4.93. The molecule has 1 aliphatic carbocycles. The molecule has 3 rings (SSSR count). The number of anilines is 1. The van der Waals surface area contributed by atoms with Crippen molar-refractivity contribution in [2.45, 2.75) is 44.4 Å². The molecular weight excluding hydrogens is 348 g/mol. The van der Waals surface area contributed by atoms with Crippen LogP contribution in [0, 0.1) is 13.8 Å². The average Bonchev–Trinajstić information content (AvgIpc) is 2.63. The molecule has 2 N–H and O–H groups in total. The van der Waals surface area contributed by atoms with Crippen LogP contribution in [0.25, 0.3) is 0 Å². The third-order valence-corrected chi connectivity index (χ3v) is 6.33. The van der Waals surface area contributed by atoms with Gasteiger partial charge >= 0.3 is 0 Å². The van der Waals surface area contributed by atoms with Crippen molar-refractivity contribution in [2.24, 2.45) is 0 Å². The monoisotopic (exact) mass is 372 g/mol. The minimum Gasteiger partial charge on any atom is -0.325 e. The zero-order chi connectivity index (χ0) is 18.7. The van der Waals surface area contributed by atoms with E-state index in [1.54, 1.807) is 18.2 Å². The van der Waals surface area contributed by atoms with E-state index in [2.05, 4.69) is 10.0 Å². The highest BCUT2D eigenvalue weighted by molar-refractivity contribution is 7.89. The molecule has 6 heteroatoms. The maximum absolute atomic E-state index is 12.5. The van der Waals surface area contributed by atoms with Crippen molar-refractivity contribution in [2.75, 3.05) is 11.9 Å². The number of hydrogen-bond acceptors (Lipinski definition) is 3. The average molecular weight is 372 g/mol. The molecule has 0 bridgehead atoms. The fourth-order valence-electron chi connectivity index (χ4n) is 3.20. The number of fused-ring (bicyclic) bond motifs is 1. The van der Waals surface area contributed by atoms with Crippen LogP contribution in [-0.2, 0) is 27.7 Å². The third kappa shape index (κ3) is 4.14. The van der Waals surface area contributed by atoms with E-state index in [1.165, 1.54) is 5.56 Å². The first kappa shape index (κ1) is 18.6. The number of benzene rings is 2. The van der Waals surface area contributed by atoms with Crippen molar-refractivity contribution in [3.05, 3.63) is 58.7 Å². The van der Waals surface area contributed by atoms with E-state index in [-0.39, 0.29) is 17.3 Å². The van der Waals surface area contributed by atoms with Crippen LogP contribution in [0.3, 0.4) is 0 Å². The van der Waals surface area contributed by atoms with Gasteiger partial charge in [0.15, 0.2) is 0 Å². The van der Waals surface area contributed by atoms with Crippen molar-refractivity contribution in [3.8, 4) is 0 Å². The summed E-state index contributed by atoms with van der Waals surface area (Å²) in [5.41, 5.74) is 5.06. The second-order valence-corrected chi connectivity index (χ2v) is 8.52. The maximum Gasteiger partial charge on any atom is 0.241 e. The van der Waals surface area contributed by atoms with Crippen LogP contribution in [0.2, 0.25) is 0 Å². The Labute approximate surface area is 154 Å². The van der Waals surface area contributed by atoms with Gasteiger partial charge < -0.3 is 5.32 Å². The van der Waals surface area contributed by atoms with Crippen LogP contribution in [0.5, 0.6) is 0 Å². The molecule has 1 amide bonds. The van der Waals surface area contributed by atoms with Crippen LogP contribution in [-0.4, -0.2) is 20.9 Å². The van der Waals surface area contributed by atoms with Crippen molar-refractivity contribution in [1.82, 2.24) is 4.72 Å². The first-order chi connectivity index (χ1) is 12.4. The predicted octanol–water partition coefficient (Wildman–Crippen LogP) is 3.10. The normalized spacial score (nSPS) is 13.9. The predicted molar refractivity (Wildman–Crippen MR) is 103 cm³/mol. The molecule has 0 fully saturated rings. The summed E-state index contributed by atoms with van der Waals surface area (Å²) < 4.78 is 27.4. The molecule has 0 atom stereocenters. The van der Waals surface area contributed by atoms with Crippen molar-refractivity contribution >= 4 is 21.6 Å². The molecule has 0 heterocycles. The molecule has 138 valence electrons. The Morgan fingerprint density at radius 2 is 1.77 bits per heavy atom. The topological polar surface area (TPSA) is 75.3 Å². The van der Waals surface area contributed by atoms with Gasteiger partial charge in [-0.2, -0.15) is 0 Å². The largest absolute Gasteiger partial charge is 0.325 e. The molecule has 0 saturated heterocycles. The Kier molecular flexibility index (Phi) is 5.44. The van der Waals surface area contributed by atoms with E-state index in [0.29, 0.717) is 5.69 Å². The van der Waals surface area contributed by atoms with E-state index < -0.39 is 10.0 Å². The Morgan fingerprint density at radius 3 is 2.54 bits per heavy atom. The highest BCUT2D eigenvalue weighted by Gasteiger charge is 2.19. The van der Waals surface area contributed by atoms with Crippen molar-refractivity contribution in [3.63, 3.8) is 0 Å². The van der Waals surface area contributed by atoms with Gasteiger partial charge in [-0.25, -0.2) is 13.1 Å². The molecule has 0 radical (unpaired) electrons. The van der Waals surface area contributed by atoms with Gasteiger partial charge in [0.2, 0.25) is 15.9 Å². The number of carbonyl (C=O) groups is 1. The fourth-order valence-corrected chi connectivity index (χ4v) is 4.23. The second-order valence-electron chi connectivity index (χ2n) is 6.76. The number of hydrogen-bond donors (Lipinski definition) is 2. The first-order valence-corrected chi connectivity index (χ1v) is 10.3. The zero-order valence-corrected chi connectivity index (χ0v) is 15.9. The van der Waals surface area contributed by atoms with E-state index in [9.17, 15) is 13.2 Å². The molecule has 0 saturated carbocycles. The standard InChI is InChI=1S/C20H24N2O3S/c1-14-6-5-9-19(15(14)2)22-20(23)13-21-26(24,25)18-11-10-16-7-3-4-8-17(16)12-18/h5-6,9-12,21H,3-4,7-8,13H2,1-2H3,(H,22,23). The smallest absolute Gasteiger partial charge is 0.241 e. The van der Waals surface area contributed by atoms with Gasteiger partial charge in [0, 0.05) is 5.69 Å². The molecule has 26 heavy (non-hydrogen) atoms. The van der Waals surface area contributed by atoms with E-state index in [4.69, 9.17) is 0 Å². The van der Waals surface area contributed by atoms with Crippen LogP contribution in [0.4, 0.5) is 5.69 Å². The van der Waals surface area contributed by atoms with Gasteiger partial charge in [0.25, 0.3) is 0 Å². The second kappa shape index (κ2) is 7.60. The Bertz CT molecular complexity index is 936.